The molecule has 0 amide bonds. The van der Waals surface area contributed by atoms with Crippen LogP contribution in [-0.4, -0.2) is 30.9 Å². The molecule has 1 unspecified atom stereocenters. The molecule has 3 nitrogen and oxygen atoms in total. The van der Waals surface area contributed by atoms with Crippen LogP contribution in [0.25, 0.3) is 0 Å². The zero-order valence-corrected chi connectivity index (χ0v) is 4.88. The first-order valence-electron chi connectivity index (χ1n) is 2.75. The Labute approximate surface area is 52.6 Å². The maximum atomic E-state index is 12.2. The molecule has 0 aromatic heterocycles. The maximum Gasteiger partial charge on any atom is 0.159 e. The molecule has 1 fully saturated rings. The summed E-state index contributed by atoms with van der Waals surface area (Å²) in [5.41, 5.74) is 0. The van der Waals surface area contributed by atoms with Gasteiger partial charge in [0.05, 0.1) is 25.8 Å². The van der Waals surface area contributed by atoms with E-state index in [2.05, 4.69) is 0 Å². The van der Waals surface area contributed by atoms with Gasteiger partial charge in [0.2, 0.25) is 0 Å². The first-order valence-corrected chi connectivity index (χ1v) is 2.75. The average molecular weight is 130 g/mol. The third kappa shape index (κ3) is 1.63. The highest BCUT2D eigenvalue weighted by Crippen LogP contribution is 2.02. The fraction of sp³-hybridized carbons (Fsp3) is 0.800. The number of ether oxygens (including phenoxy) is 1. The molecule has 0 aliphatic carbocycles. The van der Waals surface area contributed by atoms with Crippen molar-refractivity contribution in [1.29, 1.82) is 5.26 Å². The van der Waals surface area contributed by atoms with Crippen molar-refractivity contribution in [3.05, 3.63) is 0 Å². The number of halogens is 1. The minimum absolute atomic E-state index is 0.0799. The van der Waals surface area contributed by atoms with Crippen LogP contribution in [0, 0.1) is 11.3 Å². The molecule has 0 radical (unpaired) electrons. The van der Waals surface area contributed by atoms with Crippen LogP contribution in [0.4, 0.5) is 4.48 Å². The summed E-state index contributed by atoms with van der Waals surface area (Å²) in [5.74, 6) is 0. The Bertz CT molecular complexity index is 133. The standard InChI is InChI=1S/C5H7FN2O/c6-8-1-2-9-5(3-7)4-8/h5H,1-2,4H2. The van der Waals surface area contributed by atoms with Crippen molar-refractivity contribution in [2.45, 2.75) is 6.10 Å². The van der Waals surface area contributed by atoms with Crippen LogP contribution in [0.1, 0.15) is 0 Å². The van der Waals surface area contributed by atoms with Crippen molar-refractivity contribution in [2.75, 3.05) is 19.7 Å². The summed E-state index contributed by atoms with van der Waals surface area (Å²) in [6.07, 6.45) is -0.580. The third-order valence-electron chi connectivity index (χ3n) is 1.16. The zero-order chi connectivity index (χ0) is 6.69. The van der Waals surface area contributed by atoms with E-state index in [9.17, 15) is 4.48 Å². The lowest BCUT2D eigenvalue weighted by Gasteiger charge is -2.21. The van der Waals surface area contributed by atoms with E-state index in [0.717, 1.165) is 0 Å². The van der Waals surface area contributed by atoms with Gasteiger partial charge >= 0.3 is 0 Å². The van der Waals surface area contributed by atoms with Gasteiger partial charge in [0.25, 0.3) is 0 Å². The van der Waals surface area contributed by atoms with E-state index in [-0.39, 0.29) is 13.1 Å². The lowest BCUT2D eigenvalue weighted by atomic mass is 10.3. The monoisotopic (exact) mass is 130 g/mol. The van der Waals surface area contributed by atoms with Crippen molar-refractivity contribution >= 4 is 0 Å². The largest absolute Gasteiger partial charge is 0.360 e. The van der Waals surface area contributed by atoms with Crippen molar-refractivity contribution < 1.29 is 9.22 Å². The van der Waals surface area contributed by atoms with Gasteiger partial charge in [-0.1, -0.05) is 0 Å². The van der Waals surface area contributed by atoms with Gasteiger partial charge in [-0.2, -0.15) is 5.26 Å². The third-order valence-corrected chi connectivity index (χ3v) is 1.16. The molecular formula is C5H7FN2O. The Balaban J connectivity index is 2.34. The lowest BCUT2D eigenvalue weighted by molar-refractivity contribution is -0.0882. The fourth-order valence-corrected chi connectivity index (χ4v) is 0.696. The molecule has 0 aromatic rings. The van der Waals surface area contributed by atoms with Gasteiger partial charge in [0.15, 0.2) is 6.10 Å². The molecule has 1 heterocycles. The van der Waals surface area contributed by atoms with Crippen molar-refractivity contribution in [1.82, 2.24) is 5.12 Å². The van der Waals surface area contributed by atoms with E-state index in [4.69, 9.17) is 10.00 Å². The first kappa shape index (κ1) is 6.46. The van der Waals surface area contributed by atoms with Gasteiger partial charge in [0, 0.05) is 0 Å². The van der Waals surface area contributed by atoms with Gasteiger partial charge in [-0.3, -0.25) is 0 Å². The number of hydrogen-bond acceptors (Lipinski definition) is 3. The second kappa shape index (κ2) is 2.76. The predicted octanol–water partition coefficient (Wildman–Crippen LogP) is 0.0953. The van der Waals surface area contributed by atoms with Crippen LogP contribution in [0.15, 0.2) is 0 Å². The Morgan fingerprint density at radius 2 is 2.56 bits per heavy atom. The van der Waals surface area contributed by atoms with E-state index in [1.165, 1.54) is 0 Å². The summed E-state index contributed by atoms with van der Waals surface area (Å²) < 4.78 is 17.1. The molecule has 0 N–H and O–H groups in total. The summed E-state index contributed by atoms with van der Waals surface area (Å²) in [5, 5.41) is 8.84. The highest BCUT2D eigenvalue weighted by molar-refractivity contribution is 4.87. The van der Waals surface area contributed by atoms with Crippen molar-refractivity contribution in [3.63, 3.8) is 0 Å². The maximum absolute atomic E-state index is 12.2. The van der Waals surface area contributed by atoms with Gasteiger partial charge in [-0.15, -0.1) is 9.60 Å². The Morgan fingerprint density at radius 3 is 3.00 bits per heavy atom. The van der Waals surface area contributed by atoms with Gasteiger partial charge < -0.3 is 4.74 Å². The van der Waals surface area contributed by atoms with Gasteiger partial charge in [-0.05, 0) is 0 Å². The summed E-state index contributed by atoms with van der Waals surface area (Å²) in [4.78, 5) is 0. The molecular weight excluding hydrogens is 123 g/mol. The molecule has 4 heteroatoms. The van der Waals surface area contributed by atoms with Crippen LogP contribution in [0.3, 0.4) is 0 Å². The van der Waals surface area contributed by atoms with E-state index >= 15 is 0 Å². The normalized spacial score (nSPS) is 29.6. The highest BCUT2D eigenvalue weighted by Gasteiger charge is 2.18. The molecule has 1 aliphatic heterocycles. The van der Waals surface area contributed by atoms with Gasteiger partial charge in [-0.25, -0.2) is 0 Å². The Kier molecular flexibility index (Phi) is 1.98. The van der Waals surface area contributed by atoms with E-state index in [1.54, 1.807) is 0 Å². The first-order chi connectivity index (χ1) is 4.33. The van der Waals surface area contributed by atoms with Crippen LogP contribution < -0.4 is 0 Å². The van der Waals surface area contributed by atoms with Crippen LogP contribution in [0.5, 0.6) is 0 Å². The number of rotatable bonds is 0. The van der Waals surface area contributed by atoms with Crippen molar-refractivity contribution in [3.8, 4) is 6.07 Å². The van der Waals surface area contributed by atoms with E-state index in [1.807, 2.05) is 6.07 Å². The number of nitriles is 1. The molecule has 0 saturated carbocycles. The molecule has 1 saturated heterocycles. The van der Waals surface area contributed by atoms with E-state index in [0.29, 0.717) is 11.7 Å². The second-order valence-electron chi connectivity index (χ2n) is 1.86. The summed E-state index contributed by atoms with van der Waals surface area (Å²) >= 11 is 0. The Morgan fingerprint density at radius 1 is 1.78 bits per heavy atom. The van der Waals surface area contributed by atoms with Crippen molar-refractivity contribution in [2.24, 2.45) is 0 Å². The lowest BCUT2D eigenvalue weighted by Crippen LogP contribution is -2.36. The molecule has 1 atom stereocenters. The summed E-state index contributed by atoms with van der Waals surface area (Å²) in [6.45, 7) is 0.670. The second-order valence-corrected chi connectivity index (χ2v) is 1.86. The molecule has 1 rings (SSSR count). The molecule has 0 bridgehead atoms. The number of nitrogens with zero attached hydrogens (tertiary/aromatic N) is 2. The smallest absolute Gasteiger partial charge is 0.159 e. The SMILES string of the molecule is N#CC1CN(F)CCO1. The summed E-state index contributed by atoms with van der Waals surface area (Å²) in [7, 11) is 0. The number of hydrogen-bond donors (Lipinski definition) is 0. The predicted molar refractivity (Wildman–Crippen MR) is 28.0 cm³/mol. The Hall–Kier alpha value is -0.660. The van der Waals surface area contributed by atoms with Crippen LogP contribution in [0.2, 0.25) is 0 Å². The molecule has 0 spiro atoms. The minimum Gasteiger partial charge on any atom is -0.360 e. The number of morpholine rings is 1. The quantitative estimate of drug-likeness (QED) is 0.436. The molecule has 9 heavy (non-hydrogen) atoms. The van der Waals surface area contributed by atoms with Gasteiger partial charge in [0.1, 0.15) is 0 Å². The fourth-order valence-electron chi connectivity index (χ4n) is 0.696. The highest BCUT2D eigenvalue weighted by atomic mass is 19.2. The van der Waals surface area contributed by atoms with Crippen LogP contribution in [-0.2, 0) is 4.74 Å². The molecule has 1 aliphatic rings. The summed E-state index contributed by atoms with van der Waals surface area (Å²) in [6, 6.07) is 1.83. The minimum atomic E-state index is -0.580. The molecule has 0 aromatic carbocycles. The van der Waals surface area contributed by atoms with Crippen LogP contribution >= 0.6 is 0 Å². The molecule has 50 valence electrons. The average Bonchev–Trinajstić information content (AvgIpc) is 1.88. The zero-order valence-electron chi connectivity index (χ0n) is 4.88. The topological polar surface area (TPSA) is 36.3 Å². The van der Waals surface area contributed by atoms with E-state index < -0.39 is 6.10 Å².